The molecule has 0 aliphatic carbocycles. The smallest absolute Gasteiger partial charge is 0.267 e. The first-order chi connectivity index (χ1) is 9.64. The minimum atomic E-state index is -1.57. The largest absolute Gasteiger partial charge is 0.494 e. The van der Waals surface area contributed by atoms with Crippen LogP contribution < -0.4 is 10.5 Å². The van der Waals surface area contributed by atoms with Crippen LogP contribution in [0.4, 0.5) is 0 Å². The van der Waals surface area contributed by atoms with Gasteiger partial charge in [0.05, 0.1) is 7.11 Å². The van der Waals surface area contributed by atoms with Gasteiger partial charge >= 0.3 is 0 Å². The molecule has 3 rings (SSSR count). The first-order valence-corrected chi connectivity index (χ1v) is 5.94. The van der Waals surface area contributed by atoms with Crippen LogP contribution in [0.5, 0.6) is 5.75 Å². The lowest BCUT2D eigenvalue weighted by molar-refractivity contribution is -0.121. The van der Waals surface area contributed by atoms with Gasteiger partial charge in [0.15, 0.2) is 0 Å². The van der Waals surface area contributed by atoms with Gasteiger partial charge in [-0.3, -0.25) is 9.78 Å². The van der Waals surface area contributed by atoms with Crippen molar-refractivity contribution in [2.45, 2.75) is 11.7 Å². The average Bonchev–Trinajstić information content (AvgIpc) is 3.22. The summed E-state index contributed by atoms with van der Waals surface area (Å²) in [6, 6.07) is 9.00. The quantitative estimate of drug-likeness (QED) is 0.839. The fourth-order valence-electron chi connectivity index (χ4n) is 2.33. The highest BCUT2D eigenvalue weighted by Crippen LogP contribution is 2.51. The summed E-state index contributed by atoms with van der Waals surface area (Å²) in [4.78, 5) is 15.7. The number of hydrogen-bond acceptors (Lipinski definition) is 5. The van der Waals surface area contributed by atoms with Crippen LogP contribution in [0.25, 0.3) is 10.9 Å². The summed E-state index contributed by atoms with van der Waals surface area (Å²) in [6.45, 7) is 0. The van der Waals surface area contributed by atoms with E-state index < -0.39 is 17.6 Å². The Morgan fingerprint density at radius 1 is 1.55 bits per heavy atom. The molecule has 2 N–H and O–H groups in total. The van der Waals surface area contributed by atoms with Gasteiger partial charge in [0.1, 0.15) is 23.4 Å². The van der Waals surface area contributed by atoms with Crippen LogP contribution in [0.3, 0.4) is 0 Å². The Bertz CT molecular complexity index is 753. The third kappa shape index (κ3) is 1.54. The number of primary amides is 1. The molecule has 1 amide bonds. The molecule has 100 valence electrons. The first-order valence-electron chi connectivity index (χ1n) is 5.94. The van der Waals surface area contributed by atoms with Gasteiger partial charge in [0, 0.05) is 11.6 Å². The van der Waals surface area contributed by atoms with E-state index in [4.69, 9.17) is 20.5 Å². The van der Waals surface area contributed by atoms with E-state index in [0.29, 0.717) is 16.8 Å². The molecule has 0 spiro atoms. The molecule has 0 saturated carbocycles. The zero-order valence-corrected chi connectivity index (χ0v) is 10.7. The molecule has 20 heavy (non-hydrogen) atoms. The lowest BCUT2D eigenvalue weighted by Crippen LogP contribution is -2.31. The zero-order valence-electron chi connectivity index (χ0n) is 10.7. The molecule has 1 aromatic carbocycles. The number of nitrogens with zero attached hydrogens (tertiary/aromatic N) is 2. The Morgan fingerprint density at radius 2 is 2.35 bits per heavy atom. The summed E-state index contributed by atoms with van der Waals surface area (Å²) >= 11 is 0. The Morgan fingerprint density at radius 3 is 2.95 bits per heavy atom. The van der Waals surface area contributed by atoms with Gasteiger partial charge in [0.2, 0.25) is 0 Å². The molecule has 2 aromatic rings. The Labute approximate surface area is 114 Å². The number of carbonyl (C=O) groups is 1. The second-order valence-corrected chi connectivity index (χ2v) is 4.47. The number of nitriles is 1. The van der Waals surface area contributed by atoms with Crippen molar-refractivity contribution in [2.24, 2.45) is 5.73 Å². The molecule has 1 aromatic heterocycles. The molecule has 0 radical (unpaired) electrons. The van der Waals surface area contributed by atoms with Crippen LogP contribution in [0.1, 0.15) is 11.7 Å². The van der Waals surface area contributed by atoms with E-state index in [2.05, 4.69) is 4.98 Å². The van der Waals surface area contributed by atoms with E-state index in [-0.39, 0.29) is 0 Å². The van der Waals surface area contributed by atoms with Crippen LogP contribution in [0.15, 0.2) is 30.5 Å². The lowest BCUT2D eigenvalue weighted by Gasteiger charge is -2.07. The molecule has 1 fully saturated rings. The fourth-order valence-corrected chi connectivity index (χ4v) is 2.33. The lowest BCUT2D eigenvalue weighted by atomic mass is 9.97. The summed E-state index contributed by atoms with van der Waals surface area (Å²) in [6.07, 6.45) is 0.924. The minimum absolute atomic E-state index is 0.617. The van der Waals surface area contributed by atoms with Crippen molar-refractivity contribution in [3.63, 3.8) is 0 Å². The Kier molecular flexibility index (Phi) is 2.59. The average molecular weight is 269 g/mol. The molecule has 1 saturated heterocycles. The van der Waals surface area contributed by atoms with Crippen molar-refractivity contribution in [3.8, 4) is 11.8 Å². The van der Waals surface area contributed by atoms with E-state index in [9.17, 15) is 4.79 Å². The Hall–Kier alpha value is -2.65. The third-order valence-corrected chi connectivity index (χ3v) is 3.42. The third-order valence-electron chi connectivity index (χ3n) is 3.42. The number of aromatic nitrogens is 1. The molecule has 6 heteroatoms. The number of amides is 1. The molecular formula is C14H11N3O3. The highest BCUT2D eigenvalue weighted by Gasteiger charge is 2.64. The van der Waals surface area contributed by atoms with Gasteiger partial charge in [0.25, 0.3) is 11.5 Å². The number of carbonyl (C=O) groups excluding carboxylic acids is 1. The van der Waals surface area contributed by atoms with Crippen molar-refractivity contribution in [1.29, 1.82) is 5.26 Å². The van der Waals surface area contributed by atoms with Gasteiger partial charge in [-0.25, -0.2) is 0 Å². The second kappa shape index (κ2) is 4.18. The molecule has 1 aliphatic rings. The summed E-state index contributed by atoms with van der Waals surface area (Å²) < 4.78 is 10.5. The van der Waals surface area contributed by atoms with Crippen molar-refractivity contribution < 1.29 is 14.3 Å². The second-order valence-electron chi connectivity index (χ2n) is 4.47. The molecule has 1 aliphatic heterocycles. The Balaban J connectivity index is 2.16. The maximum Gasteiger partial charge on any atom is 0.267 e. The number of nitrogens with two attached hydrogens (primary N) is 1. The number of methoxy groups -OCH3 is 1. The predicted molar refractivity (Wildman–Crippen MR) is 69.7 cm³/mol. The SMILES string of the molecule is COc1cccc2c(C3OC3(C#N)C(N)=O)ccnc12. The number of para-hydroxylation sites is 1. The molecule has 0 bridgehead atoms. The highest BCUT2D eigenvalue weighted by molar-refractivity contribution is 5.94. The van der Waals surface area contributed by atoms with Crippen molar-refractivity contribution in [3.05, 3.63) is 36.0 Å². The summed E-state index contributed by atoms with van der Waals surface area (Å²) in [7, 11) is 1.56. The first kappa shape index (κ1) is 12.4. The number of ether oxygens (including phenoxy) is 2. The van der Waals surface area contributed by atoms with E-state index in [1.807, 2.05) is 18.2 Å². The summed E-state index contributed by atoms with van der Waals surface area (Å²) in [5.41, 5.74) is 5.03. The van der Waals surface area contributed by atoms with E-state index in [0.717, 1.165) is 5.39 Å². The maximum atomic E-state index is 11.4. The van der Waals surface area contributed by atoms with Crippen LogP contribution in [-0.4, -0.2) is 23.6 Å². The summed E-state index contributed by atoms with van der Waals surface area (Å²) in [5, 5.41) is 9.89. The maximum absolute atomic E-state index is 11.4. The van der Waals surface area contributed by atoms with Crippen LogP contribution in [0, 0.1) is 11.3 Å². The van der Waals surface area contributed by atoms with E-state index in [1.54, 1.807) is 25.4 Å². The van der Waals surface area contributed by atoms with Crippen molar-refractivity contribution in [1.82, 2.24) is 4.98 Å². The molecule has 2 unspecified atom stereocenters. The normalized spacial score (nSPS) is 24.1. The highest BCUT2D eigenvalue weighted by atomic mass is 16.6. The number of fused-ring (bicyclic) bond motifs is 1. The zero-order chi connectivity index (χ0) is 14.3. The minimum Gasteiger partial charge on any atom is -0.494 e. The molecule has 2 atom stereocenters. The van der Waals surface area contributed by atoms with Gasteiger partial charge in [-0.1, -0.05) is 12.1 Å². The standard InChI is InChI=1S/C14H11N3O3/c1-19-10-4-2-3-8-9(5-6-17-11(8)10)12-14(7-15,20-12)13(16)18/h2-6,12H,1H3,(H2,16,18). The molecule has 6 nitrogen and oxygen atoms in total. The molecular weight excluding hydrogens is 258 g/mol. The van der Waals surface area contributed by atoms with E-state index >= 15 is 0 Å². The number of benzene rings is 1. The summed E-state index contributed by atoms with van der Waals surface area (Å²) in [5.74, 6) is -0.163. The number of hydrogen-bond donors (Lipinski definition) is 1. The van der Waals surface area contributed by atoms with Gasteiger partial charge in [-0.05, 0) is 17.7 Å². The van der Waals surface area contributed by atoms with Crippen molar-refractivity contribution in [2.75, 3.05) is 7.11 Å². The fraction of sp³-hybridized carbons (Fsp3) is 0.214. The number of pyridine rings is 1. The van der Waals surface area contributed by atoms with E-state index in [1.165, 1.54) is 0 Å². The van der Waals surface area contributed by atoms with Gasteiger partial charge in [-0.2, -0.15) is 5.26 Å². The molecule has 2 heterocycles. The topological polar surface area (TPSA) is 102 Å². The predicted octanol–water partition coefficient (Wildman–Crippen LogP) is 1.06. The number of epoxide rings is 1. The van der Waals surface area contributed by atoms with Crippen LogP contribution in [-0.2, 0) is 9.53 Å². The van der Waals surface area contributed by atoms with Crippen LogP contribution >= 0.6 is 0 Å². The van der Waals surface area contributed by atoms with Crippen molar-refractivity contribution >= 4 is 16.8 Å². The number of rotatable bonds is 3. The van der Waals surface area contributed by atoms with Gasteiger partial charge < -0.3 is 15.2 Å². The van der Waals surface area contributed by atoms with Gasteiger partial charge in [-0.15, -0.1) is 0 Å². The monoisotopic (exact) mass is 269 g/mol. The van der Waals surface area contributed by atoms with Crippen LogP contribution in [0.2, 0.25) is 0 Å².